The predicted molar refractivity (Wildman–Crippen MR) is 92.8 cm³/mol. The standard InChI is InChI=1S/C18H21N3O2/c1-2-3-12-23-15-10-8-14(9-11-15)13-20-21-18(22)16-6-4-5-7-17(16)19/h4-11,13H,2-3,12,19H2,1H3,(H,21,22)/b20-13+. The molecule has 2 aromatic carbocycles. The highest BCUT2D eigenvalue weighted by Gasteiger charge is 2.06. The van der Waals surface area contributed by atoms with Gasteiger partial charge in [0.05, 0.1) is 18.4 Å². The smallest absolute Gasteiger partial charge is 0.273 e. The Bertz CT molecular complexity index is 666. The van der Waals surface area contributed by atoms with Crippen molar-refractivity contribution in [3.63, 3.8) is 0 Å². The average Bonchev–Trinajstić information content (AvgIpc) is 2.57. The minimum absolute atomic E-state index is 0.334. The van der Waals surface area contributed by atoms with Gasteiger partial charge in [0, 0.05) is 5.69 Å². The van der Waals surface area contributed by atoms with Crippen LogP contribution in [0.1, 0.15) is 35.7 Å². The van der Waals surface area contributed by atoms with Gasteiger partial charge < -0.3 is 10.5 Å². The van der Waals surface area contributed by atoms with Crippen LogP contribution in [0.3, 0.4) is 0 Å². The van der Waals surface area contributed by atoms with Gasteiger partial charge in [-0.3, -0.25) is 4.79 Å². The molecule has 0 saturated carbocycles. The Labute approximate surface area is 136 Å². The highest BCUT2D eigenvalue weighted by atomic mass is 16.5. The molecule has 1 amide bonds. The topological polar surface area (TPSA) is 76.7 Å². The SMILES string of the molecule is CCCCOc1ccc(/C=N/NC(=O)c2ccccc2N)cc1. The van der Waals surface area contributed by atoms with Crippen molar-refractivity contribution in [1.82, 2.24) is 5.43 Å². The molecular weight excluding hydrogens is 290 g/mol. The largest absolute Gasteiger partial charge is 0.494 e. The first-order valence-electron chi connectivity index (χ1n) is 7.61. The van der Waals surface area contributed by atoms with E-state index in [0.717, 1.165) is 30.8 Å². The van der Waals surface area contributed by atoms with Crippen LogP contribution in [0.4, 0.5) is 5.69 Å². The second-order valence-electron chi connectivity index (χ2n) is 5.06. The van der Waals surface area contributed by atoms with Gasteiger partial charge in [-0.1, -0.05) is 25.5 Å². The van der Waals surface area contributed by atoms with Crippen molar-refractivity contribution in [1.29, 1.82) is 0 Å². The van der Waals surface area contributed by atoms with E-state index in [9.17, 15) is 4.79 Å². The summed E-state index contributed by atoms with van der Waals surface area (Å²) in [5.41, 5.74) is 9.91. The minimum atomic E-state index is -0.334. The zero-order chi connectivity index (χ0) is 16.5. The third kappa shape index (κ3) is 5.14. The van der Waals surface area contributed by atoms with Gasteiger partial charge in [0.25, 0.3) is 5.91 Å². The minimum Gasteiger partial charge on any atom is -0.494 e. The normalized spacial score (nSPS) is 10.7. The summed E-state index contributed by atoms with van der Waals surface area (Å²) in [7, 11) is 0. The van der Waals surface area contributed by atoms with Crippen LogP contribution in [0, 0.1) is 0 Å². The number of amides is 1. The molecular formula is C18H21N3O2. The molecule has 0 bridgehead atoms. The number of para-hydroxylation sites is 1. The predicted octanol–water partition coefficient (Wildman–Crippen LogP) is 3.21. The summed E-state index contributed by atoms with van der Waals surface area (Å²) in [6, 6.07) is 14.4. The fraction of sp³-hybridized carbons (Fsp3) is 0.222. The van der Waals surface area contributed by atoms with Gasteiger partial charge in [-0.15, -0.1) is 0 Å². The third-order valence-electron chi connectivity index (χ3n) is 3.23. The molecule has 2 rings (SSSR count). The molecule has 0 heterocycles. The number of rotatable bonds is 7. The van der Waals surface area contributed by atoms with Gasteiger partial charge in [0.15, 0.2) is 0 Å². The molecule has 0 fully saturated rings. The second kappa shape index (κ2) is 8.58. The van der Waals surface area contributed by atoms with E-state index in [0.29, 0.717) is 11.3 Å². The summed E-state index contributed by atoms with van der Waals surface area (Å²) in [5, 5.41) is 3.94. The summed E-state index contributed by atoms with van der Waals surface area (Å²) < 4.78 is 5.59. The van der Waals surface area contributed by atoms with Crippen LogP contribution in [0.15, 0.2) is 53.6 Å². The number of carbonyl (C=O) groups excluding carboxylic acids is 1. The first-order chi connectivity index (χ1) is 11.2. The van der Waals surface area contributed by atoms with Crippen molar-refractivity contribution in [3.05, 3.63) is 59.7 Å². The lowest BCUT2D eigenvalue weighted by Crippen LogP contribution is -2.18. The van der Waals surface area contributed by atoms with E-state index in [1.165, 1.54) is 0 Å². The lowest BCUT2D eigenvalue weighted by atomic mass is 10.2. The van der Waals surface area contributed by atoms with E-state index in [1.807, 2.05) is 24.3 Å². The van der Waals surface area contributed by atoms with Crippen LogP contribution in [0.25, 0.3) is 0 Å². The molecule has 0 aromatic heterocycles. The molecule has 0 spiro atoms. The van der Waals surface area contributed by atoms with E-state index in [4.69, 9.17) is 10.5 Å². The number of ether oxygens (including phenoxy) is 1. The maximum absolute atomic E-state index is 11.9. The van der Waals surface area contributed by atoms with Crippen LogP contribution < -0.4 is 15.9 Å². The molecule has 0 unspecified atom stereocenters. The van der Waals surface area contributed by atoms with Gasteiger partial charge in [-0.25, -0.2) is 5.43 Å². The number of carbonyl (C=O) groups is 1. The molecule has 2 aromatic rings. The summed E-state index contributed by atoms with van der Waals surface area (Å²) in [4.78, 5) is 11.9. The molecule has 0 saturated heterocycles. The van der Waals surface area contributed by atoms with Crippen molar-refractivity contribution in [2.45, 2.75) is 19.8 Å². The van der Waals surface area contributed by atoms with Crippen LogP contribution in [-0.2, 0) is 0 Å². The van der Waals surface area contributed by atoms with Gasteiger partial charge in [-0.2, -0.15) is 5.10 Å². The van der Waals surface area contributed by atoms with Crippen LogP contribution in [0.5, 0.6) is 5.75 Å². The fourth-order valence-corrected chi connectivity index (χ4v) is 1.91. The first-order valence-corrected chi connectivity index (χ1v) is 7.61. The van der Waals surface area contributed by atoms with Gasteiger partial charge in [-0.05, 0) is 48.4 Å². The van der Waals surface area contributed by atoms with E-state index in [1.54, 1.807) is 30.5 Å². The Morgan fingerprint density at radius 2 is 1.96 bits per heavy atom. The van der Waals surface area contributed by atoms with Crippen LogP contribution in [0.2, 0.25) is 0 Å². The monoisotopic (exact) mass is 311 g/mol. The number of nitrogens with one attached hydrogen (secondary N) is 1. The number of nitrogen functional groups attached to an aromatic ring is 1. The zero-order valence-electron chi connectivity index (χ0n) is 13.2. The van der Waals surface area contributed by atoms with E-state index < -0.39 is 0 Å². The molecule has 0 aliphatic heterocycles. The summed E-state index contributed by atoms with van der Waals surface area (Å²) in [6.45, 7) is 2.85. The molecule has 3 N–H and O–H groups in total. The lowest BCUT2D eigenvalue weighted by molar-refractivity contribution is 0.0956. The maximum atomic E-state index is 11.9. The quantitative estimate of drug-likeness (QED) is 0.357. The van der Waals surface area contributed by atoms with E-state index >= 15 is 0 Å². The van der Waals surface area contributed by atoms with Crippen molar-refractivity contribution >= 4 is 17.8 Å². The molecule has 0 aliphatic rings. The zero-order valence-corrected chi connectivity index (χ0v) is 13.2. The summed E-state index contributed by atoms with van der Waals surface area (Å²) in [5.74, 6) is 0.496. The molecule has 23 heavy (non-hydrogen) atoms. The van der Waals surface area contributed by atoms with E-state index in [2.05, 4.69) is 17.5 Å². The van der Waals surface area contributed by atoms with E-state index in [-0.39, 0.29) is 5.91 Å². The number of hydrogen-bond acceptors (Lipinski definition) is 4. The molecule has 0 radical (unpaired) electrons. The Balaban J connectivity index is 1.88. The van der Waals surface area contributed by atoms with Crippen molar-refractivity contribution < 1.29 is 9.53 Å². The van der Waals surface area contributed by atoms with Gasteiger partial charge in [0.2, 0.25) is 0 Å². The highest BCUT2D eigenvalue weighted by Crippen LogP contribution is 2.12. The maximum Gasteiger partial charge on any atom is 0.273 e. The molecule has 120 valence electrons. The number of hydrogen-bond donors (Lipinski definition) is 2. The van der Waals surface area contributed by atoms with Crippen LogP contribution in [-0.4, -0.2) is 18.7 Å². The van der Waals surface area contributed by atoms with Crippen molar-refractivity contribution in [2.24, 2.45) is 5.10 Å². The molecule has 5 heteroatoms. The number of hydrazone groups is 1. The Morgan fingerprint density at radius 1 is 1.22 bits per heavy atom. The number of benzene rings is 2. The van der Waals surface area contributed by atoms with Crippen molar-refractivity contribution in [3.8, 4) is 5.75 Å². The Hall–Kier alpha value is -2.82. The number of nitrogens with two attached hydrogens (primary N) is 1. The lowest BCUT2D eigenvalue weighted by Gasteiger charge is -2.05. The van der Waals surface area contributed by atoms with Crippen LogP contribution >= 0.6 is 0 Å². The average molecular weight is 311 g/mol. The number of nitrogens with zero attached hydrogens (tertiary/aromatic N) is 1. The fourth-order valence-electron chi connectivity index (χ4n) is 1.91. The second-order valence-corrected chi connectivity index (χ2v) is 5.06. The van der Waals surface area contributed by atoms with Gasteiger partial charge >= 0.3 is 0 Å². The number of anilines is 1. The Morgan fingerprint density at radius 3 is 2.65 bits per heavy atom. The van der Waals surface area contributed by atoms with Gasteiger partial charge in [0.1, 0.15) is 5.75 Å². The first kappa shape index (κ1) is 16.5. The third-order valence-corrected chi connectivity index (χ3v) is 3.23. The molecule has 0 atom stereocenters. The Kier molecular flexibility index (Phi) is 6.17. The van der Waals surface area contributed by atoms with Crippen molar-refractivity contribution in [2.75, 3.05) is 12.3 Å². The highest BCUT2D eigenvalue weighted by molar-refractivity contribution is 5.99. The molecule has 5 nitrogen and oxygen atoms in total. The summed E-state index contributed by atoms with van der Waals surface area (Å²) >= 11 is 0. The molecule has 0 aliphatic carbocycles. The number of unbranched alkanes of at least 4 members (excludes halogenated alkanes) is 1. The summed E-state index contributed by atoms with van der Waals surface area (Å²) in [6.07, 6.45) is 3.72.